The molecule has 1 heterocycles. The van der Waals surface area contributed by atoms with Crippen molar-refractivity contribution < 1.29 is 9.53 Å². The minimum Gasteiger partial charge on any atom is -0.484 e. The van der Waals surface area contributed by atoms with Crippen LogP contribution in [0.4, 0.5) is 5.69 Å². The van der Waals surface area contributed by atoms with E-state index in [9.17, 15) is 4.79 Å². The molecule has 0 saturated carbocycles. The lowest BCUT2D eigenvalue weighted by molar-refractivity contribution is -0.121. The topological polar surface area (TPSA) is 53.3 Å². The molecule has 0 saturated heterocycles. The predicted octanol–water partition coefficient (Wildman–Crippen LogP) is 3.30. The summed E-state index contributed by atoms with van der Waals surface area (Å²) in [5.41, 5.74) is 2.76. The van der Waals surface area contributed by atoms with Crippen LogP contribution in [0.2, 0.25) is 0 Å². The fourth-order valence-electron chi connectivity index (χ4n) is 2.91. The minimum absolute atomic E-state index is 0.00935. The van der Waals surface area contributed by atoms with Gasteiger partial charge in [0.25, 0.3) is 5.91 Å². The van der Waals surface area contributed by atoms with Crippen molar-refractivity contribution in [2.75, 3.05) is 11.5 Å². The number of nitriles is 1. The van der Waals surface area contributed by atoms with Crippen LogP contribution in [0.25, 0.3) is 0 Å². The van der Waals surface area contributed by atoms with E-state index in [0.29, 0.717) is 11.3 Å². The third kappa shape index (κ3) is 3.19. The highest BCUT2D eigenvalue weighted by molar-refractivity contribution is 5.96. The highest BCUT2D eigenvalue weighted by Crippen LogP contribution is 2.30. The molecule has 1 aliphatic rings. The van der Waals surface area contributed by atoms with Crippen molar-refractivity contribution in [3.8, 4) is 11.8 Å². The van der Waals surface area contributed by atoms with Crippen LogP contribution < -0.4 is 9.64 Å². The van der Waals surface area contributed by atoms with Gasteiger partial charge in [-0.05, 0) is 55.7 Å². The molecule has 0 radical (unpaired) electrons. The minimum atomic E-state index is -0.0472. The number of para-hydroxylation sites is 1. The number of hydrogen-bond donors (Lipinski definition) is 0. The van der Waals surface area contributed by atoms with Crippen LogP contribution in [0.1, 0.15) is 24.5 Å². The zero-order valence-electron chi connectivity index (χ0n) is 13.0. The van der Waals surface area contributed by atoms with Crippen LogP contribution in [0, 0.1) is 11.3 Å². The molecule has 3 rings (SSSR count). The molecule has 4 heteroatoms. The van der Waals surface area contributed by atoms with Crippen molar-refractivity contribution in [2.24, 2.45) is 0 Å². The van der Waals surface area contributed by atoms with Crippen LogP contribution in [0.3, 0.4) is 0 Å². The van der Waals surface area contributed by atoms with E-state index < -0.39 is 0 Å². The Kier molecular flexibility index (Phi) is 4.29. The second kappa shape index (κ2) is 6.53. The molecular formula is C19H18N2O2. The fraction of sp³-hybridized carbons (Fsp3) is 0.263. The van der Waals surface area contributed by atoms with E-state index in [1.807, 2.05) is 23.1 Å². The van der Waals surface area contributed by atoms with Gasteiger partial charge in [-0.2, -0.15) is 5.26 Å². The molecule has 0 aromatic heterocycles. The lowest BCUT2D eigenvalue weighted by atomic mass is 9.96. The first-order chi connectivity index (χ1) is 11.2. The van der Waals surface area contributed by atoms with Crippen molar-refractivity contribution >= 4 is 11.6 Å². The standard InChI is InChI=1S/C19H18N2O2/c1-14-6-9-16-4-2-3-5-18(16)21(14)19(22)13-23-17-10-7-15(12-20)8-11-17/h2-5,7-8,10-11,14H,6,9,13H2,1H3. The molecule has 0 spiro atoms. The van der Waals surface area contributed by atoms with E-state index in [1.165, 1.54) is 5.56 Å². The van der Waals surface area contributed by atoms with Gasteiger partial charge in [0.1, 0.15) is 5.75 Å². The Morgan fingerprint density at radius 3 is 2.74 bits per heavy atom. The van der Waals surface area contributed by atoms with Crippen molar-refractivity contribution in [3.05, 3.63) is 59.7 Å². The van der Waals surface area contributed by atoms with Gasteiger partial charge in [0.05, 0.1) is 11.6 Å². The summed E-state index contributed by atoms with van der Waals surface area (Å²) >= 11 is 0. The molecule has 4 nitrogen and oxygen atoms in total. The monoisotopic (exact) mass is 306 g/mol. The maximum Gasteiger partial charge on any atom is 0.265 e. The Bertz CT molecular complexity index is 747. The van der Waals surface area contributed by atoms with Crippen molar-refractivity contribution in [1.82, 2.24) is 0 Å². The van der Waals surface area contributed by atoms with Gasteiger partial charge in [0.2, 0.25) is 0 Å². The molecule has 0 bridgehead atoms. The Labute approximate surface area is 135 Å². The Morgan fingerprint density at radius 2 is 2.00 bits per heavy atom. The number of anilines is 1. The van der Waals surface area contributed by atoms with Gasteiger partial charge < -0.3 is 9.64 Å². The zero-order valence-corrected chi connectivity index (χ0v) is 13.0. The van der Waals surface area contributed by atoms with Gasteiger partial charge >= 0.3 is 0 Å². The molecular weight excluding hydrogens is 288 g/mol. The van der Waals surface area contributed by atoms with Crippen molar-refractivity contribution in [2.45, 2.75) is 25.8 Å². The summed E-state index contributed by atoms with van der Waals surface area (Å²) in [5, 5.41) is 8.79. The van der Waals surface area contributed by atoms with Crippen molar-refractivity contribution in [1.29, 1.82) is 5.26 Å². The number of hydrogen-bond acceptors (Lipinski definition) is 3. The largest absolute Gasteiger partial charge is 0.484 e. The van der Waals surface area contributed by atoms with E-state index in [1.54, 1.807) is 24.3 Å². The number of benzene rings is 2. The summed E-state index contributed by atoms with van der Waals surface area (Å²) in [7, 11) is 0. The van der Waals surface area contributed by atoms with Crippen LogP contribution in [0.15, 0.2) is 48.5 Å². The molecule has 0 aliphatic carbocycles. The van der Waals surface area contributed by atoms with Gasteiger partial charge in [-0.1, -0.05) is 18.2 Å². The third-order valence-corrected chi connectivity index (χ3v) is 4.14. The molecule has 0 N–H and O–H groups in total. The molecule has 1 amide bonds. The lowest BCUT2D eigenvalue weighted by Crippen LogP contribution is -2.44. The number of ether oxygens (including phenoxy) is 1. The summed E-state index contributed by atoms with van der Waals surface area (Å²) in [5.74, 6) is 0.546. The van der Waals surface area contributed by atoms with E-state index in [4.69, 9.17) is 10.00 Å². The molecule has 2 aromatic carbocycles. The van der Waals surface area contributed by atoms with Crippen LogP contribution in [-0.4, -0.2) is 18.6 Å². The smallest absolute Gasteiger partial charge is 0.265 e. The number of carbonyl (C=O) groups excluding carboxylic acids is 1. The average Bonchev–Trinajstić information content (AvgIpc) is 2.60. The number of aryl methyl sites for hydroxylation is 1. The van der Waals surface area contributed by atoms with Gasteiger partial charge in [-0.15, -0.1) is 0 Å². The van der Waals surface area contributed by atoms with E-state index in [0.717, 1.165) is 18.5 Å². The summed E-state index contributed by atoms with van der Waals surface area (Å²) in [4.78, 5) is 14.5. The molecule has 1 atom stereocenters. The summed E-state index contributed by atoms with van der Waals surface area (Å²) in [6, 6.07) is 17.0. The SMILES string of the molecule is CC1CCc2ccccc2N1C(=O)COc1ccc(C#N)cc1. The highest BCUT2D eigenvalue weighted by atomic mass is 16.5. The van der Waals surface area contributed by atoms with E-state index >= 15 is 0 Å². The molecule has 1 unspecified atom stereocenters. The first-order valence-corrected chi connectivity index (χ1v) is 7.72. The van der Waals surface area contributed by atoms with E-state index in [-0.39, 0.29) is 18.6 Å². The van der Waals surface area contributed by atoms with Crippen LogP contribution in [0.5, 0.6) is 5.75 Å². The molecule has 116 valence electrons. The summed E-state index contributed by atoms with van der Waals surface area (Å²) < 4.78 is 5.58. The number of nitrogens with zero attached hydrogens (tertiary/aromatic N) is 2. The number of carbonyl (C=O) groups is 1. The second-order valence-electron chi connectivity index (χ2n) is 5.71. The third-order valence-electron chi connectivity index (χ3n) is 4.14. The van der Waals surface area contributed by atoms with Gasteiger partial charge in [-0.3, -0.25) is 4.79 Å². The molecule has 0 fully saturated rings. The first-order valence-electron chi connectivity index (χ1n) is 7.72. The zero-order chi connectivity index (χ0) is 16.2. The summed E-state index contributed by atoms with van der Waals surface area (Å²) in [6.07, 6.45) is 1.96. The van der Waals surface area contributed by atoms with Crippen molar-refractivity contribution in [3.63, 3.8) is 0 Å². The maximum absolute atomic E-state index is 12.6. The van der Waals surface area contributed by atoms with Crippen LogP contribution >= 0.6 is 0 Å². The van der Waals surface area contributed by atoms with Gasteiger partial charge in [0, 0.05) is 11.7 Å². The predicted molar refractivity (Wildman–Crippen MR) is 88.4 cm³/mol. The highest BCUT2D eigenvalue weighted by Gasteiger charge is 2.28. The van der Waals surface area contributed by atoms with Crippen LogP contribution in [-0.2, 0) is 11.2 Å². The first kappa shape index (κ1) is 15.1. The Morgan fingerprint density at radius 1 is 1.26 bits per heavy atom. The van der Waals surface area contributed by atoms with Gasteiger partial charge in [-0.25, -0.2) is 0 Å². The fourth-order valence-corrected chi connectivity index (χ4v) is 2.91. The second-order valence-corrected chi connectivity index (χ2v) is 5.71. The Hall–Kier alpha value is -2.80. The number of fused-ring (bicyclic) bond motifs is 1. The normalized spacial score (nSPS) is 16.3. The molecule has 23 heavy (non-hydrogen) atoms. The van der Waals surface area contributed by atoms with E-state index in [2.05, 4.69) is 19.1 Å². The quantitative estimate of drug-likeness (QED) is 0.874. The number of rotatable bonds is 3. The lowest BCUT2D eigenvalue weighted by Gasteiger charge is -2.35. The van der Waals surface area contributed by atoms with Gasteiger partial charge in [0.15, 0.2) is 6.61 Å². The molecule has 1 aliphatic heterocycles. The summed E-state index contributed by atoms with van der Waals surface area (Å²) in [6.45, 7) is 2.06. The Balaban J connectivity index is 1.71. The molecule has 2 aromatic rings. The maximum atomic E-state index is 12.6. The average molecular weight is 306 g/mol. The number of amides is 1.